The van der Waals surface area contributed by atoms with Gasteiger partial charge in [0, 0.05) is 18.3 Å². The van der Waals surface area contributed by atoms with E-state index in [-0.39, 0.29) is 35.6 Å². The van der Waals surface area contributed by atoms with Crippen molar-refractivity contribution in [3.63, 3.8) is 0 Å². The normalized spacial score (nSPS) is 13.6. The Morgan fingerprint density at radius 2 is 2.08 bits per heavy atom. The number of aromatic nitrogens is 1. The molecule has 25 heavy (non-hydrogen) atoms. The molecule has 1 aromatic heterocycles. The molecule has 2 heterocycles. The molecule has 0 bridgehead atoms. The van der Waals surface area contributed by atoms with E-state index in [0.717, 1.165) is 18.3 Å². The molecule has 3 rings (SSSR count). The summed E-state index contributed by atoms with van der Waals surface area (Å²) >= 11 is 0. The fourth-order valence-corrected chi connectivity index (χ4v) is 2.86. The first kappa shape index (κ1) is 16.7. The van der Waals surface area contributed by atoms with Crippen LogP contribution >= 0.6 is 0 Å². The quantitative estimate of drug-likeness (QED) is 0.676. The summed E-state index contributed by atoms with van der Waals surface area (Å²) in [6.07, 6.45) is -3.47. The minimum absolute atomic E-state index is 0.00354. The summed E-state index contributed by atoms with van der Waals surface area (Å²) in [6, 6.07) is 4.69. The number of rotatable bonds is 3. The average molecular weight is 352 g/mol. The van der Waals surface area contributed by atoms with Crippen LogP contribution in [0.4, 0.5) is 30.4 Å². The predicted octanol–water partition coefficient (Wildman–Crippen LogP) is 2.80. The third kappa shape index (κ3) is 2.86. The SMILES string of the molecule is NC(=O)c1cc([N+](=O)[O-])cnc1N1CCc2c1cccc2C(F)(F)F. The number of amides is 1. The van der Waals surface area contributed by atoms with Crippen LogP contribution in [-0.4, -0.2) is 22.4 Å². The van der Waals surface area contributed by atoms with E-state index >= 15 is 0 Å². The van der Waals surface area contributed by atoms with Gasteiger partial charge < -0.3 is 10.6 Å². The molecule has 0 fully saturated rings. The molecule has 10 heteroatoms. The van der Waals surface area contributed by atoms with Crippen LogP contribution in [0.1, 0.15) is 21.5 Å². The van der Waals surface area contributed by atoms with Crippen LogP contribution in [0.3, 0.4) is 0 Å². The molecule has 130 valence electrons. The summed E-state index contributed by atoms with van der Waals surface area (Å²) in [6.45, 7) is 0.146. The van der Waals surface area contributed by atoms with Crippen LogP contribution in [0.5, 0.6) is 0 Å². The summed E-state index contributed by atoms with van der Waals surface area (Å²) in [7, 11) is 0. The fourth-order valence-electron chi connectivity index (χ4n) is 2.86. The van der Waals surface area contributed by atoms with Crippen LogP contribution in [0.25, 0.3) is 0 Å². The Balaban J connectivity index is 2.13. The van der Waals surface area contributed by atoms with Crippen molar-refractivity contribution >= 4 is 23.1 Å². The number of carbonyl (C=O) groups excluding carboxylic acids is 1. The number of anilines is 2. The lowest BCUT2D eigenvalue weighted by Gasteiger charge is -2.21. The zero-order valence-corrected chi connectivity index (χ0v) is 12.6. The Kier molecular flexibility index (Phi) is 3.82. The Morgan fingerprint density at radius 1 is 1.36 bits per heavy atom. The van der Waals surface area contributed by atoms with Crippen molar-refractivity contribution in [1.82, 2.24) is 4.98 Å². The van der Waals surface area contributed by atoms with Crippen LogP contribution in [0.2, 0.25) is 0 Å². The Bertz CT molecular complexity index is 883. The first-order chi connectivity index (χ1) is 11.7. The average Bonchev–Trinajstić information content (AvgIpc) is 2.96. The molecular formula is C15H11F3N4O3. The molecule has 1 amide bonds. The lowest BCUT2D eigenvalue weighted by atomic mass is 10.0. The van der Waals surface area contributed by atoms with Gasteiger partial charge in [0.05, 0.1) is 16.1 Å². The van der Waals surface area contributed by atoms with E-state index in [1.165, 1.54) is 17.0 Å². The molecule has 0 radical (unpaired) electrons. The van der Waals surface area contributed by atoms with Gasteiger partial charge >= 0.3 is 6.18 Å². The standard InChI is InChI=1S/C15H11F3N4O3/c16-15(17,18)11-2-1-3-12-9(11)4-5-21(12)14-10(13(19)23)6-8(7-20-14)22(24)25/h1-3,6-7H,4-5H2,(H2,19,23). The number of nitro groups is 1. The zero-order chi connectivity index (χ0) is 18.4. The van der Waals surface area contributed by atoms with E-state index in [9.17, 15) is 28.1 Å². The Morgan fingerprint density at radius 3 is 2.68 bits per heavy atom. The second-order valence-corrected chi connectivity index (χ2v) is 5.39. The van der Waals surface area contributed by atoms with E-state index < -0.39 is 28.3 Å². The zero-order valence-electron chi connectivity index (χ0n) is 12.6. The Labute approximate surface area is 139 Å². The van der Waals surface area contributed by atoms with Crippen molar-refractivity contribution in [2.45, 2.75) is 12.6 Å². The number of halogens is 3. The van der Waals surface area contributed by atoms with E-state index in [4.69, 9.17) is 5.73 Å². The fraction of sp³-hybridized carbons (Fsp3) is 0.200. The van der Waals surface area contributed by atoms with Crippen LogP contribution in [0, 0.1) is 10.1 Å². The summed E-state index contributed by atoms with van der Waals surface area (Å²) in [5.41, 5.74) is 4.19. The second kappa shape index (κ2) is 5.72. The summed E-state index contributed by atoms with van der Waals surface area (Å²) in [5, 5.41) is 10.8. The monoisotopic (exact) mass is 352 g/mol. The molecule has 0 aliphatic carbocycles. The van der Waals surface area contributed by atoms with Gasteiger partial charge in [-0.1, -0.05) is 6.07 Å². The lowest BCUT2D eigenvalue weighted by Crippen LogP contribution is -2.22. The molecule has 1 aliphatic heterocycles. The van der Waals surface area contributed by atoms with Gasteiger partial charge in [-0.2, -0.15) is 13.2 Å². The van der Waals surface area contributed by atoms with Gasteiger partial charge in [0.15, 0.2) is 0 Å². The number of fused-ring (bicyclic) bond motifs is 1. The number of hydrogen-bond donors (Lipinski definition) is 1. The first-order valence-electron chi connectivity index (χ1n) is 7.11. The highest BCUT2D eigenvalue weighted by Crippen LogP contribution is 2.42. The first-order valence-corrected chi connectivity index (χ1v) is 7.11. The third-order valence-corrected chi connectivity index (χ3v) is 3.92. The number of alkyl halides is 3. The number of nitrogens with zero attached hydrogens (tertiary/aromatic N) is 3. The van der Waals surface area contributed by atoms with Gasteiger partial charge in [-0.15, -0.1) is 0 Å². The third-order valence-electron chi connectivity index (χ3n) is 3.92. The highest BCUT2D eigenvalue weighted by molar-refractivity contribution is 5.99. The number of carbonyl (C=O) groups is 1. The predicted molar refractivity (Wildman–Crippen MR) is 81.6 cm³/mol. The van der Waals surface area contributed by atoms with E-state index in [0.29, 0.717) is 0 Å². The Hall–Kier alpha value is -3.17. The molecular weight excluding hydrogens is 341 g/mol. The highest BCUT2D eigenvalue weighted by Gasteiger charge is 2.37. The van der Waals surface area contributed by atoms with Gasteiger partial charge in [0.2, 0.25) is 0 Å². The maximum absolute atomic E-state index is 13.1. The van der Waals surface area contributed by atoms with Gasteiger partial charge in [-0.05, 0) is 24.1 Å². The van der Waals surface area contributed by atoms with E-state index in [1.54, 1.807) is 0 Å². The number of nitrogens with two attached hydrogens (primary N) is 1. The maximum atomic E-state index is 13.1. The molecule has 0 saturated carbocycles. The lowest BCUT2D eigenvalue weighted by molar-refractivity contribution is -0.385. The van der Waals surface area contributed by atoms with Gasteiger partial charge in [-0.25, -0.2) is 4.98 Å². The molecule has 0 saturated heterocycles. The molecule has 0 atom stereocenters. The topological polar surface area (TPSA) is 102 Å². The molecule has 7 nitrogen and oxygen atoms in total. The van der Waals surface area contributed by atoms with E-state index in [1.807, 2.05) is 0 Å². The largest absolute Gasteiger partial charge is 0.416 e. The maximum Gasteiger partial charge on any atom is 0.416 e. The van der Waals surface area contributed by atoms with Crippen molar-refractivity contribution in [2.75, 3.05) is 11.4 Å². The molecule has 1 aromatic carbocycles. The van der Waals surface area contributed by atoms with Crippen LogP contribution in [-0.2, 0) is 12.6 Å². The molecule has 1 aliphatic rings. The van der Waals surface area contributed by atoms with Crippen molar-refractivity contribution in [3.05, 3.63) is 57.3 Å². The minimum Gasteiger partial charge on any atom is -0.365 e. The molecule has 0 unspecified atom stereocenters. The van der Waals surface area contributed by atoms with Crippen molar-refractivity contribution in [3.8, 4) is 0 Å². The van der Waals surface area contributed by atoms with Crippen molar-refractivity contribution < 1.29 is 22.9 Å². The van der Waals surface area contributed by atoms with Crippen molar-refractivity contribution in [2.24, 2.45) is 5.73 Å². The molecule has 0 spiro atoms. The van der Waals surface area contributed by atoms with Crippen molar-refractivity contribution in [1.29, 1.82) is 0 Å². The number of primary amides is 1. The molecule has 2 aromatic rings. The van der Waals surface area contributed by atoms with Gasteiger partial charge in [0.1, 0.15) is 12.0 Å². The van der Waals surface area contributed by atoms with Crippen LogP contribution < -0.4 is 10.6 Å². The number of benzene rings is 1. The smallest absolute Gasteiger partial charge is 0.365 e. The minimum atomic E-state index is -4.50. The molecule has 2 N–H and O–H groups in total. The highest BCUT2D eigenvalue weighted by atomic mass is 19.4. The van der Waals surface area contributed by atoms with Gasteiger partial charge in [-0.3, -0.25) is 14.9 Å². The second-order valence-electron chi connectivity index (χ2n) is 5.39. The van der Waals surface area contributed by atoms with Crippen LogP contribution in [0.15, 0.2) is 30.5 Å². The number of hydrogen-bond acceptors (Lipinski definition) is 5. The summed E-state index contributed by atoms with van der Waals surface area (Å²) < 4.78 is 39.4. The summed E-state index contributed by atoms with van der Waals surface area (Å²) in [4.78, 5) is 27.1. The van der Waals surface area contributed by atoms with Gasteiger partial charge in [0.25, 0.3) is 11.6 Å². The number of pyridine rings is 1. The summed E-state index contributed by atoms with van der Waals surface area (Å²) in [5.74, 6) is -0.956. The van der Waals surface area contributed by atoms with E-state index in [2.05, 4.69) is 4.98 Å².